The lowest BCUT2D eigenvalue weighted by atomic mass is 10.1. The molecule has 0 aliphatic carbocycles. The Kier molecular flexibility index (Phi) is 3.37. The molecular weight excluding hydrogens is 184 g/mol. The quantitative estimate of drug-likeness (QED) is 0.581. The van der Waals surface area contributed by atoms with Crippen molar-refractivity contribution in [3.8, 4) is 0 Å². The van der Waals surface area contributed by atoms with E-state index in [9.17, 15) is 4.79 Å². The van der Waals surface area contributed by atoms with Crippen molar-refractivity contribution in [1.82, 2.24) is 0 Å². The minimum Gasteiger partial charge on any atom is -0.462 e. The van der Waals surface area contributed by atoms with Crippen LogP contribution in [0.5, 0.6) is 0 Å². The second-order valence-corrected chi connectivity index (χ2v) is 3.22. The molecule has 0 spiro atoms. The molecule has 1 rings (SSSR count). The van der Waals surface area contributed by atoms with Gasteiger partial charge >= 0.3 is 5.97 Å². The monoisotopic (exact) mass is 196 g/mol. The second kappa shape index (κ2) is 4.33. The fraction of sp³-hybridized carbons (Fsp3) is 0.300. The summed E-state index contributed by atoms with van der Waals surface area (Å²) < 4.78 is 4.88. The summed E-state index contributed by atoms with van der Waals surface area (Å²) in [6, 6.07) is 5.48. The van der Waals surface area contributed by atoms with Crippen molar-refractivity contribution in [3.63, 3.8) is 0 Å². The van der Waals surface area contributed by atoms with Crippen molar-refractivity contribution in [3.05, 3.63) is 29.3 Å². The number of carbonyl (C=O) groups excluding carboxylic acids is 1. The van der Waals surface area contributed by atoms with Gasteiger partial charge in [-0.2, -0.15) is 0 Å². The number of thiol groups is 1. The number of rotatable bonds is 2. The zero-order valence-electron chi connectivity index (χ0n) is 7.70. The van der Waals surface area contributed by atoms with E-state index in [1.165, 1.54) is 0 Å². The van der Waals surface area contributed by atoms with Crippen LogP contribution in [-0.4, -0.2) is 12.6 Å². The van der Waals surface area contributed by atoms with Crippen molar-refractivity contribution in [2.24, 2.45) is 0 Å². The molecule has 0 N–H and O–H groups in total. The van der Waals surface area contributed by atoms with Crippen LogP contribution in [0.2, 0.25) is 0 Å². The summed E-state index contributed by atoms with van der Waals surface area (Å²) in [6.07, 6.45) is 0. The highest BCUT2D eigenvalue weighted by atomic mass is 32.1. The van der Waals surface area contributed by atoms with E-state index >= 15 is 0 Å². The molecule has 3 heteroatoms. The van der Waals surface area contributed by atoms with Gasteiger partial charge in [-0.1, -0.05) is 11.6 Å². The van der Waals surface area contributed by atoms with Gasteiger partial charge in [-0.25, -0.2) is 4.79 Å². The van der Waals surface area contributed by atoms with Gasteiger partial charge in [-0.3, -0.25) is 0 Å². The van der Waals surface area contributed by atoms with Crippen molar-refractivity contribution in [2.75, 3.05) is 6.61 Å². The zero-order chi connectivity index (χ0) is 9.84. The minimum atomic E-state index is -0.309. The van der Waals surface area contributed by atoms with Gasteiger partial charge in [0.15, 0.2) is 0 Å². The van der Waals surface area contributed by atoms with Crippen LogP contribution in [-0.2, 0) is 4.74 Å². The van der Waals surface area contributed by atoms with Crippen LogP contribution < -0.4 is 0 Å². The van der Waals surface area contributed by atoms with Crippen molar-refractivity contribution in [1.29, 1.82) is 0 Å². The Morgan fingerprint density at radius 1 is 1.54 bits per heavy atom. The molecule has 0 aliphatic rings. The fourth-order valence-electron chi connectivity index (χ4n) is 1.02. The first-order valence-electron chi connectivity index (χ1n) is 4.12. The average Bonchev–Trinajstić information content (AvgIpc) is 2.09. The van der Waals surface area contributed by atoms with Crippen molar-refractivity contribution in [2.45, 2.75) is 18.7 Å². The average molecular weight is 196 g/mol. The molecular formula is C10H12O2S. The standard InChI is InChI=1S/C10H12O2S/c1-3-12-10(11)8-6-7(2)4-5-9(8)13/h4-6,13H,3H2,1-2H3. The summed E-state index contributed by atoms with van der Waals surface area (Å²) in [7, 11) is 0. The lowest BCUT2D eigenvalue weighted by Crippen LogP contribution is -2.05. The van der Waals surface area contributed by atoms with E-state index in [-0.39, 0.29) is 5.97 Å². The summed E-state index contributed by atoms with van der Waals surface area (Å²) in [6.45, 7) is 4.10. The van der Waals surface area contributed by atoms with Gasteiger partial charge < -0.3 is 4.74 Å². The van der Waals surface area contributed by atoms with Gasteiger partial charge in [0.05, 0.1) is 12.2 Å². The van der Waals surface area contributed by atoms with E-state index < -0.39 is 0 Å². The highest BCUT2D eigenvalue weighted by molar-refractivity contribution is 7.80. The molecule has 0 radical (unpaired) electrons. The van der Waals surface area contributed by atoms with Gasteiger partial charge in [0, 0.05) is 4.90 Å². The predicted octanol–water partition coefficient (Wildman–Crippen LogP) is 2.46. The summed E-state index contributed by atoms with van der Waals surface area (Å²) >= 11 is 4.18. The third kappa shape index (κ3) is 2.49. The molecule has 0 fully saturated rings. The SMILES string of the molecule is CCOC(=O)c1cc(C)ccc1S. The Hall–Kier alpha value is -0.960. The Morgan fingerprint density at radius 2 is 2.23 bits per heavy atom. The molecule has 0 aliphatic heterocycles. The lowest BCUT2D eigenvalue weighted by molar-refractivity contribution is 0.0522. The molecule has 0 amide bonds. The molecule has 0 saturated heterocycles. The molecule has 0 atom stereocenters. The molecule has 0 bridgehead atoms. The summed E-state index contributed by atoms with van der Waals surface area (Å²) in [5.74, 6) is -0.309. The van der Waals surface area contributed by atoms with E-state index in [1.54, 1.807) is 19.1 Å². The Morgan fingerprint density at radius 3 is 2.85 bits per heavy atom. The maximum absolute atomic E-state index is 11.3. The zero-order valence-corrected chi connectivity index (χ0v) is 8.60. The first-order valence-corrected chi connectivity index (χ1v) is 4.56. The molecule has 0 saturated carbocycles. The number of esters is 1. The van der Waals surface area contributed by atoms with Gasteiger partial charge in [-0.15, -0.1) is 12.6 Å². The molecule has 13 heavy (non-hydrogen) atoms. The number of benzene rings is 1. The lowest BCUT2D eigenvalue weighted by Gasteiger charge is -2.04. The number of carbonyl (C=O) groups is 1. The Bertz CT molecular complexity index is 321. The summed E-state index contributed by atoms with van der Waals surface area (Å²) in [5, 5.41) is 0. The third-order valence-corrected chi connectivity index (χ3v) is 2.04. The van der Waals surface area contributed by atoms with Crippen molar-refractivity contribution < 1.29 is 9.53 Å². The van der Waals surface area contributed by atoms with E-state index in [0.29, 0.717) is 17.1 Å². The van der Waals surface area contributed by atoms with Gasteiger partial charge in [0.1, 0.15) is 0 Å². The third-order valence-electron chi connectivity index (χ3n) is 1.65. The number of aryl methyl sites for hydroxylation is 1. The van der Waals surface area contributed by atoms with E-state index in [0.717, 1.165) is 5.56 Å². The normalized spacial score (nSPS) is 9.77. The predicted molar refractivity (Wildman–Crippen MR) is 54.4 cm³/mol. The van der Waals surface area contributed by atoms with Crippen LogP contribution in [0.25, 0.3) is 0 Å². The van der Waals surface area contributed by atoms with Crippen LogP contribution in [0.1, 0.15) is 22.8 Å². The molecule has 1 aromatic rings. The van der Waals surface area contributed by atoms with Crippen LogP contribution >= 0.6 is 12.6 Å². The highest BCUT2D eigenvalue weighted by Crippen LogP contribution is 2.16. The van der Waals surface area contributed by atoms with Crippen LogP contribution in [0.3, 0.4) is 0 Å². The van der Waals surface area contributed by atoms with Gasteiger partial charge in [-0.05, 0) is 26.0 Å². The van der Waals surface area contributed by atoms with Gasteiger partial charge in [0.2, 0.25) is 0 Å². The van der Waals surface area contributed by atoms with E-state index in [2.05, 4.69) is 12.6 Å². The van der Waals surface area contributed by atoms with E-state index in [4.69, 9.17) is 4.74 Å². The molecule has 0 heterocycles. The molecule has 0 aromatic heterocycles. The van der Waals surface area contributed by atoms with E-state index in [1.807, 2.05) is 13.0 Å². The van der Waals surface area contributed by atoms with Crippen molar-refractivity contribution >= 4 is 18.6 Å². The summed E-state index contributed by atoms with van der Waals surface area (Å²) in [5.41, 5.74) is 1.56. The van der Waals surface area contributed by atoms with Crippen LogP contribution in [0, 0.1) is 6.92 Å². The maximum atomic E-state index is 11.3. The van der Waals surface area contributed by atoms with Crippen LogP contribution in [0.4, 0.5) is 0 Å². The van der Waals surface area contributed by atoms with Crippen LogP contribution in [0.15, 0.2) is 23.1 Å². The Balaban J connectivity index is 2.99. The maximum Gasteiger partial charge on any atom is 0.339 e. The molecule has 1 aromatic carbocycles. The topological polar surface area (TPSA) is 26.3 Å². The molecule has 70 valence electrons. The number of ether oxygens (including phenoxy) is 1. The fourth-order valence-corrected chi connectivity index (χ4v) is 1.25. The number of hydrogen-bond acceptors (Lipinski definition) is 3. The minimum absolute atomic E-state index is 0.309. The van der Waals surface area contributed by atoms with Gasteiger partial charge in [0.25, 0.3) is 0 Å². The summed E-state index contributed by atoms with van der Waals surface area (Å²) in [4.78, 5) is 12.0. The first kappa shape index (κ1) is 10.1. The second-order valence-electron chi connectivity index (χ2n) is 2.74. The first-order chi connectivity index (χ1) is 6.15. The Labute approximate surface area is 83.3 Å². The largest absolute Gasteiger partial charge is 0.462 e. The molecule has 2 nitrogen and oxygen atoms in total. The highest BCUT2D eigenvalue weighted by Gasteiger charge is 2.09. The molecule has 0 unspecified atom stereocenters. The smallest absolute Gasteiger partial charge is 0.339 e. The number of hydrogen-bond donors (Lipinski definition) is 1.